The molecule has 1 saturated carbocycles. The van der Waals surface area contributed by atoms with Gasteiger partial charge in [-0.25, -0.2) is 9.59 Å². The van der Waals surface area contributed by atoms with E-state index in [9.17, 15) is 14.4 Å². The number of nitrogens with one attached hydrogen (secondary N) is 2. The van der Waals surface area contributed by atoms with E-state index in [2.05, 4.69) is 34.9 Å². The number of fused-ring (bicyclic) bond motifs is 3. The van der Waals surface area contributed by atoms with Crippen LogP contribution in [0.4, 0.5) is 4.79 Å². The average molecular weight is 475 g/mol. The van der Waals surface area contributed by atoms with Crippen LogP contribution in [0.2, 0.25) is 0 Å². The molecule has 0 spiro atoms. The lowest BCUT2D eigenvalue weighted by Crippen LogP contribution is -2.45. The first-order chi connectivity index (χ1) is 17.0. The number of carbonyl (C=O) groups is 3. The molecule has 3 aromatic rings. The number of rotatable bonds is 8. The molecule has 1 aromatic heterocycles. The number of alkyl carbamates (subject to hydrolysis) is 1. The fourth-order valence-electron chi connectivity index (χ4n) is 4.93. The molecule has 8 heteroatoms. The van der Waals surface area contributed by atoms with Crippen LogP contribution in [0.15, 0.2) is 65.1 Å². The number of furan rings is 1. The highest BCUT2D eigenvalue weighted by Crippen LogP contribution is 2.44. The fraction of sp³-hybridized carbons (Fsp3) is 0.296. The van der Waals surface area contributed by atoms with Gasteiger partial charge in [0.2, 0.25) is 11.7 Å². The Labute approximate surface area is 202 Å². The Bertz CT molecular complexity index is 1210. The lowest BCUT2D eigenvalue weighted by Gasteiger charge is -2.35. The van der Waals surface area contributed by atoms with Crippen LogP contribution in [0.5, 0.6) is 0 Å². The molecule has 3 N–H and O–H groups in total. The maximum Gasteiger partial charge on any atom is 0.407 e. The van der Waals surface area contributed by atoms with Gasteiger partial charge in [0, 0.05) is 18.4 Å². The maximum absolute atomic E-state index is 12.4. The predicted molar refractivity (Wildman–Crippen MR) is 127 cm³/mol. The van der Waals surface area contributed by atoms with Crippen LogP contribution in [0.1, 0.15) is 52.6 Å². The number of hydrogen-bond donors (Lipinski definition) is 3. The van der Waals surface area contributed by atoms with E-state index in [0.717, 1.165) is 0 Å². The quantitative estimate of drug-likeness (QED) is 0.448. The number of carbonyl (C=O) groups excluding carboxylic acids is 2. The standard InChI is InChI=1S/C27H26N2O6/c30-25(28-14-18-9-10-24(35-18)26(31)32)13-16-11-17(12-16)29-27(33)34-15-23-21-7-3-1-5-19(21)20-6-2-4-8-22(20)23/h1-10,16-17,23H,11-15H2,(H,28,30)(H,29,33)(H,31,32). The second-order valence-electron chi connectivity index (χ2n) is 9.06. The third-order valence-corrected chi connectivity index (χ3v) is 6.71. The number of benzene rings is 2. The third kappa shape index (κ3) is 4.91. The summed E-state index contributed by atoms with van der Waals surface area (Å²) in [6, 6.07) is 19.3. The summed E-state index contributed by atoms with van der Waals surface area (Å²) in [6.45, 7) is 0.412. The molecule has 2 aliphatic rings. The van der Waals surface area contributed by atoms with Crippen molar-refractivity contribution in [3.05, 3.63) is 83.3 Å². The van der Waals surface area contributed by atoms with Crippen molar-refractivity contribution in [3.63, 3.8) is 0 Å². The first-order valence-electron chi connectivity index (χ1n) is 11.7. The molecule has 5 rings (SSSR count). The van der Waals surface area contributed by atoms with Gasteiger partial charge in [0.15, 0.2) is 0 Å². The van der Waals surface area contributed by atoms with E-state index in [1.165, 1.54) is 34.4 Å². The van der Waals surface area contributed by atoms with Crippen LogP contribution in [0.3, 0.4) is 0 Å². The minimum absolute atomic E-state index is 0.00773. The lowest BCUT2D eigenvalue weighted by atomic mass is 9.78. The Kier molecular flexibility index (Phi) is 6.27. The van der Waals surface area contributed by atoms with Crippen LogP contribution in [0, 0.1) is 5.92 Å². The molecule has 180 valence electrons. The van der Waals surface area contributed by atoms with Crippen molar-refractivity contribution in [2.45, 2.75) is 37.8 Å². The summed E-state index contributed by atoms with van der Waals surface area (Å²) < 4.78 is 10.7. The largest absolute Gasteiger partial charge is 0.475 e. The van der Waals surface area contributed by atoms with E-state index >= 15 is 0 Å². The monoisotopic (exact) mass is 474 g/mol. The van der Waals surface area contributed by atoms with Crippen LogP contribution >= 0.6 is 0 Å². The molecule has 0 aliphatic heterocycles. The second kappa shape index (κ2) is 9.66. The van der Waals surface area contributed by atoms with E-state index in [1.807, 2.05) is 24.3 Å². The fourth-order valence-corrected chi connectivity index (χ4v) is 4.93. The van der Waals surface area contributed by atoms with Crippen molar-refractivity contribution < 1.29 is 28.6 Å². The number of hydrogen-bond acceptors (Lipinski definition) is 5. The molecule has 0 bridgehead atoms. The molecule has 0 unspecified atom stereocenters. The minimum Gasteiger partial charge on any atom is -0.475 e. The molecule has 0 atom stereocenters. The van der Waals surface area contributed by atoms with Crippen molar-refractivity contribution in [3.8, 4) is 11.1 Å². The highest BCUT2D eigenvalue weighted by molar-refractivity contribution is 5.84. The first kappa shape index (κ1) is 22.7. The number of aromatic carboxylic acids is 1. The number of carboxylic acids is 1. The van der Waals surface area contributed by atoms with Crippen LogP contribution in [-0.2, 0) is 16.1 Å². The van der Waals surface area contributed by atoms with Crippen molar-refractivity contribution in [1.82, 2.24) is 10.6 Å². The summed E-state index contributed by atoms with van der Waals surface area (Å²) in [6.07, 6.45) is 1.32. The molecule has 2 amide bonds. The van der Waals surface area contributed by atoms with E-state index in [-0.39, 0.29) is 42.7 Å². The summed E-state index contributed by atoms with van der Waals surface area (Å²) in [5, 5.41) is 14.5. The number of carboxylic acid groups (broad SMARTS) is 1. The highest BCUT2D eigenvalue weighted by Gasteiger charge is 2.33. The zero-order chi connectivity index (χ0) is 24.4. The Hall–Kier alpha value is -4.07. The number of amides is 2. The Morgan fingerprint density at radius 1 is 0.943 bits per heavy atom. The summed E-state index contributed by atoms with van der Waals surface area (Å²) in [7, 11) is 0. The van der Waals surface area contributed by atoms with Gasteiger partial charge in [0.05, 0.1) is 6.54 Å². The average Bonchev–Trinajstić information content (AvgIpc) is 3.43. The van der Waals surface area contributed by atoms with E-state index in [0.29, 0.717) is 25.0 Å². The van der Waals surface area contributed by atoms with Gasteiger partial charge in [0.25, 0.3) is 0 Å². The van der Waals surface area contributed by atoms with Gasteiger partial charge in [-0.05, 0) is 53.1 Å². The van der Waals surface area contributed by atoms with Gasteiger partial charge >= 0.3 is 12.1 Å². The molecular formula is C27H26N2O6. The number of ether oxygens (including phenoxy) is 1. The van der Waals surface area contributed by atoms with Crippen molar-refractivity contribution in [2.24, 2.45) is 5.92 Å². The topological polar surface area (TPSA) is 118 Å². The summed E-state index contributed by atoms with van der Waals surface area (Å²) >= 11 is 0. The molecule has 8 nitrogen and oxygen atoms in total. The van der Waals surface area contributed by atoms with Gasteiger partial charge in [-0.15, -0.1) is 0 Å². The summed E-state index contributed by atoms with van der Waals surface area (Å²) in [5.74, 6) is -0.851. The van der Waals surface area contributed by atoms with Gasteiger partial charge in [-0.1, -0.05) is 48.5 Å². The molecule has 1 fully saturated rings. The van der Waals surface area contributed by atoms with Crippen LogP contribution < -0.4 is 10.6 Å². The van der Waals surface area contributed by atoms with E-state index in [1.54, 1.807) is 0 Å². The Morgan fingerprint density at radius 2 is 1.60 bits per heavy atom. The van der Waals surface area contributed by atoms with Crippen molar-refractivity contribution >= 4 is 18.0 Å². The third-order valence-electron chi connectivity index (χ3n) is 6.71. The maximum atomic E-state index is 12.4. The van der Waals surface area contributed by atoms with Gasteiger partial charge in [-0.3, -0.25) is 4.79 Å². The zero-order valence-electron chi connectivity index (χ0n) is 19.0. The van der Waals surface area contributed by atoms with Gasteiger partial charge in [0.1, 0.15) is 12.4 Å². The summed E-state index contributed by atoms with van der Waals surface area (Å²) in [5.41, 5.74) is 4.72. The lowest BCUT2D eigenvalue weighted by molar-refractivity contribution is -0.123. The van der Waals surface area contributed by atoms with Crippen LogP contribution in [-0.4, -0.2) is 35.7 Å². The predicted octanol–water partition coefficient (Wildman–Crippen LogP) is 4.30. The molecular weight excluding hydrogens is 448 g/mol. The van der Waals surface area contributed by atoms with Crippen molar-refractivity contribution in [2.75, 3.05) is 6.61 Å². The zero-order valence-corrected chi connectivity index (χ0v) is 19.0. The molecule has 35 heavy (non-hydrogen) atoms. The molecule has 1 heterocycles. The SMILES string of the molecule is O=C(CC1CC(NC(=O)OCC2c3ccccc3-c3ccccc32)C1)NCc1ccc(C(=O)O)o1. The molecule has 2 aromatic carbocycles. The molecule has 2 aliphatic carbocycles. The van der Waals surface area contributed by atoms with Crippen LogP contribution in [0.25, 0.3) is 11.1 Å². The normalized spacial score (nSPS) is 18.2. The second-order valence-corrected chi connectivity index (χ2v) is 9.06. The smallest absolute Gasteiger partial charge is 0.407 e. The minimum atomic E-state index is -1.15. The van der Waals surface area contributed by atoms with E-state index < -0.39 is 12.1 Å². The Morgan fingerprint density at radius 3 is 2.23 bits per heavy atom. The highest BCUT2D eigenvalue weighted by atomic mass is 16.5. The van der Waals surface area contributed by atoms with E-state index in [4.69, 9.17) is 14.3 Å². The molecule has 0 radical (unpaired) electrons. The first-order valence-corrected chi connectivity index (χ1v) is 11.7. The van der Waals surface area contributed by atoms with Crippen molar-refractivity contribution in [1.29, 1.82) is 0 Å². The molecule has 0 saturated heterocycles. The van der Waals surface area contributed by atoms with Gasteiger partial charge < -0.3 is 24.9 Å². The van der Waals surface area contributed by atoms with Gasteiger partial charge in [-0.2, -0.15) is 0 Å². The Balaban J connectivity index is 1.04. The summed E-state index contributed by atoms with van der Waals surface area (Å²) in [4.78, 5) is 35.4.